The van der Waals surface area contributed by atoms with Crippen LogP contribution >= 0.6 is 15.9 Å². The summed E-state index contributed by atoms with van der Waals surface area (Å²) in [5.41, 5.74) is 6.98. The molecule has 0 bridgehead atoms. The third-order valence-corrected chi connectivity index (χ3v) is 5.06. The maximum Gasteiger partial charge on any atom is 0.223 e. The average molecular weight is 339 g/mol. The van der Waals surface area contributed by atoms with Crippen LogP contribution < -0.4 is 5.73 Å². The number of amides is 1. The topological polar surface area (TPSA) is 46.3 Å². The number of benzene rings is 1. The second kappa shape index (κ2) is 6.72. The van der Waals surface area contributed by atoms with Gasteiger partial charge in [0.2, 0.25) is 5.91 Å². The van der Waals surface area contributed by atoms with Crippen LogP contribution in [-0.4, -0.2) is 29.4 Å². The quantitative estimate of drug-likeness (QED) is 0.896. The molecule has 1 atom stereocenters. The van der Waals surface area contributed by atoms with Gasteiger partial charge >= 0.3 is 0 Å². The summed E-state index contributed by atoms with van der Waals surface area (Å²) in [7, 11) is 0. The van der Waals surface area contributed by atoms with Crippen molar-refractivity contribution in [2.45, 2.75) is 44.6 Å². The molecule has 2 N–H and O–H groups in total. The molecule has 1 unspecified atom stereocenters. The van der Waals surface area contributed by atoms with Gasteiger partial charge in [0.05, 0.1) is 5.54 Å². The van der Waals surface area contributed by atoms with Crippen LogP contribution in [0.25, 0.3) is 0 Å². The van der Waals surface area contributed by atoms with E-state index >= 15 is 0 Å². The fourth-order valence-electron chi connectivity index (χ4n) is 2.93. The Morgan fingerprint density at radius 2 is 2.20 bits per heavy atom. The molecular formula is C16H23BrN2O. The number of hydrogen-bond acceptors (Lipinski definition) is 2. The van der Waals surface area contributed by atoms with Crippen molar-refractivity contribution in [3.8, 4) is 0 Å². The van der Waals surface area contributed by atoms with E-state index < -0.39 is 0 Å². The number of hydrogen-bond donors (Lipinski definition) is 1. The van der Waals surface area contributed by atoms with E-state index in [0.29, 0.717) is 13.0 Å². The number of likely N-dealkylation sites (tertiary alicyclic amines) is 1. The van der Waals surface area contributed by atoms with Crippen LogP contribution in [0.15, 0.2) is 28.7 Å². The first-order valence-corrected chi connectivity index (χ1v) is 8.10. The summed E-state index contributed by atoms with van der Waals surface area (Å²) in [5.74, 6) is 0.252. The molecule has 0 aliphatic carbocycles. The summed E-state index contributed by atoms with van der Waals surface area (Å²) in [4.78, 5) is 14.3. The number of aryl methyl sites for hydroxylation is 1. The lowest BCUT2D eigenvalue weighted by Gasteiger charge is -2.34. The van der Waals surface area contributed by atoms with Crippen molar-refractivity contribution in [2.75, 3.05) is 13.1 Å². The summed E-state index contributed by atoms with van der Waals surface area (Å²) in [6.07, 6.45) is 4.53. The molecule has 2 rings (SSSR count). The van der Waals surface area contributed by atoms with Gasteiger partial charge in [-0.15, -0.1) is 0 Å². The van der Waals surface area contributed by atoms with E-state index in [-0.39, 0.29) is 11.4 Å². The molecule has 0 saturated carbocycles. The second-order valence-electron chi connectivity index (χ2n) is 5.79. The Hall–Kier alpha value is -0.870. The summed E-state index contributed by atoms with van der Waals surface area (Å²) in [6.45, 7) is 3.52. The lowest BCUT2D eigenvalue weighted by atomic mass is 9.98. The van der Waals surface area contributed by atoms with Crippen LogP contribution in [0.2, 0.25) is 0 Å². The summed E-state index contributed by atoms with van der Waals surface area (Å²) >= 11 is 3.55. The average Bonchev–Trinajstić information content (AvgIpc) is 2.83. The molecule has 1 saturated heterocycles. The number of carbonyl (C=O) groups excluding carboxylic acids is 1. The van der Waals surface area contributed by atoms with Crippen LogP contribution in [0.3, 0.4) is 0 Å². The molecule has 1 aliphatic rings. The molecule has 1 aromatic rings. The van der Waals surface area contributed by atoms with Crippen molar-refractivity contribution >= 4 is 21.8 Å². The summed E-state index contributed by atoms with van der Waals surface area (Å²) < 4.78 is 1.13. The molecular weight excluding hydrogens is 316 g/mol. The second-order valence-corrected chi connectivity index (χ2v) is 6.65. The minimum Gasteiger partial charge on any atom is -0.336 e. The zero-order valence-corrected chi connectivity index (χ0v) is 13.7. The van der Waals surface area contributed by atoms with Gasteiger partial charge < -0.3 is 10.6 Å². The first kappa shape index (κ1) is 15.5. The van der Waals surface area contributed by atoms with Gasteiger partial charge in [-0.05, 0) is 44.2 Å². The molecule has 1 heterocycles. The molecule has 110 valence electrons. The largest absolute Gasteiger partial charge is 0.336 e. The third-order valence-electron chi connectivity index (χ3n) is 4.28. The molecule has 1 aliphatic heterocycles. The van der Waals surface area contributed by atoms with Crippen molar-refractivity contribution in [1.82, 2.24) is 4.90 Å². The summed E-state index contributed by atoms with van der Waals surface area (Å²) in [6, 6.07) is 8.20. The van der Waals surface area contributed by atoms with E-state index in [4.69, 9.17) is 5.73 Å². The van der Waals surface area contributed by atoms with Gasteiger partial charge in [0, 0.05) is 24.0 Å². The van der Waals surface area contributed by atoms with Gasteiger partial charge in [0.1, 0.15) is 0 Å². The van der Waals surface area contributed by atoms with Crippen molar-refractivity contribution < 1.29 is 4.79 Å². The smallest absolute Gasteiger partial charge is 0.223 e. The molecule has 4 heteroatoms. The van der Waals surface area contributed by atoms with Crippen molar-refractivity contribution in [3.63, 3.8) is 0 Å². The number of nitrogens with zero attached hydrogens (tertiary/aromatic N) is 1. The van der Waals surface area contributed by atoms with E-state index in [0.717, 1.165) is 36.7 Å². The standard InChI is InChI=1S/C16H23BrN2O/c1-16(12-18)10-5-11-19(16)15(20)9-4-7-13-6-2-3-8-14(13)17/h2-3,6,8H,4-5,7,9-12,18H2,1H3. The fraction of sp³-hybridized carbons (Fsp3) is 0.562. The van der Waals surface area contributed by atoms with Gasteiger partial charge in [-0.2, -0.15) is 0 Å². The molecule has 20 heavy (non-hydrogen) atoms. The Morgan fingerprint density at radius 3 is 2.90 bits per heavy atom. The van der Waals surface area contributed by atoms with Gasteiger partial charge in [0.15, 0.2) is 0 Å². The Morgan fingerprint density at radius 1 is 1.45 bits per heavy atom. The Bertz CT molecular complexity index is 477. The minimum absolute atomic E-state index is 0.121. The van der Waals surface area contributed by atoms with E-state index in [1.54, 1.807) is 0 Å². The Kier molecular flexibility index (Phi) is 5.22. The predicted molar refractivity (Wildman–Crippen MR) is 85.5 cm³/mol. The maximum atomic E-state index is 12.4. The number of halogens is 1. The highest BCUT2D eigenvalue weighted by Gasteiger charge is 2.37. The normalized spacial score (nSPS) is 22.2. The number of rotatable bonds is 5. The monoisotopic (exact) mass is 338 g/mol. The minimum atomic E-state index is -0.121. The maximum absolute atomic E-state index is 12.4. The fourth-order valence-corrected chi connectivity index (χ4v) is 3.41. The molecule has 3 nitrogen and oxygen atoms in total. The van der Waals surface area contributed by atoms with Gasteiger partial charge in [-0.1, -0.05) is 34.1 Å². The van der Waals surface area contributed by atoms with Crippen LogP contribution in [0.4, 0.5) is 0 Å². The highest BCUT2D eigenvalue weighted by molar-refractivity contribution is 9.10. The van der Waals surface area contributed by atoms with Gasteiger partial charge in [-0.3, -0.25) is 4.79 Å². The molecule has 1 fully saturated rings. The lowest BCUT2D eigenvalue weighted by molar-refractivity contribution is -0.134. The molecule has 0 aromatic heterocycles. The first-order valence-electron chi connectivity index (χ1n) is 7.31. The predicted octanol–water partition coefficient (Wildman–Crippen LogP) is 3.11. The summed E-state index contributed by atoms with van der Waals surface area (Å²) in [5, 5.41) is 0. The van der Waals surface area contributed by atoms with Crippen LogP contribution in [0, 0.1) is 0 Å². The van der Waals surface area contributed by atoms with Crippen LogP contribution in [-0.2, 0) is 11.2 Å². The van der Waals surface area contributed by atoms with Gasteiger partial charge in [-0.25, -0.2) is 0 Å². The SMILES string of the molecule is CC1(CN)CCCN1C(=O)CCCc1ccccc1Br. The van der Waals surface area contributed by atoms with E-state index in [9.17, 15) is 4.79 Å². The van der Waals surface area contributed by atoms with Gasteiger partial charge in [0.25, 0.3) is 0 Å². The highest BCUT2D eigenvalue weighted by Crippen LogP contribution is 2.29. The van der Waals surface area contributed by atoms with Crippen LogP contribution in [0.5, 0.6) is 0 Å². The first-order chi connectivity index (χ1) is 9.57. The molecule has 1 aromatic carbocycles. The zero-order chi connectivity index (χ0) is 14.6. The van der Waals surface area contributed by atoms with Crippen molar-refractivity contribution in [1.29, 1.82) is 0 Å². The van der Waals surface area contributed by atoms with E-state index in [2.05, 4.69) is 28.9 Å². The number of carbonyl (C=O) groups is 1. The number of nitrogens with two attached hydrogens (primary N) is 1. The molecule has 0 spiro atoms. The third kappa shape index (κ3) is 3.41. The lowest BCUT2D eigenvalue weighted by Crippen LogP contribution is -2.49. The van der Waals surface area contributed by atoms with Crippen LogP contribution in [0.1, 0.15) is 38.2 Å². The molecule has 1 amide bonds. The van der Waals surface area contributed by atoms with E-state index in [1.807, 2.05) is 23.1 Å². The Labute approximate surface area is 129 Å². The van der Waals surface area contributed by atoms with Crippen molar-refractivity contribution in [3.05, 3.63) is 34.3 Å². The Balaban J connectivity index is 1.85. The molecule has 0 radical (unpaired) electrons. The highest BCUT2D eigenvalue weighted by atomic mass is 79.9. The van der Waals surface area contributed by atoms with Crippen molar-refractivity contribution in [2.24, 2.45) is 5.73 Å². The van der Waals surface area contributed by atoms with E-state index in [1.165, 1.54) is 5.56 Å². The zero-order valence-electron chi connectivity index (χ0n) is 12.1.